The van der Waals surface area contributed by atoms with Gasteiger partial charge < -0.3 is 14.4 Å². The summed E-state index contributed by atoms with van der Waals surface area (Å²) < 4.78 is 33.0. The Bertz CT molecular complexity index is 771. The van der Waals surface area contributed by atoms with Crippen molar-refractivity contribution < 1.29 is 27.5 Å². The first-order valence-corrected chi connectivity index (χ1v) is 9.58. The topological polar surface area (TPSA) is 90.0 Å². The second-order valence-corrected chi connectivity index (χ2v) is 7.97. The third-order valence-corrected chi connectivity index (χ3v) is 5.78. The highest BCUT2D eigenvalue weighted by Gasteiger charge is 2.32. The van der Waals surface area contributed by atoms with Crippen molar-refractivity contribution in [1.82, 2.24) is 4.90 Å². The summed E-state index contributed by atoms with van der Waals surface area (Å²) in [5.41, 5.74) is 0.710. The first-order valence-electron chi connectivity index (χ1n) is 7.76. The van der Waals surface area contributed by atoms with E-state index >= 15 is 0 Å². The van der Waals surface area contributed by atoms with Crippen LogP contribution in [-0.2, 0) is 24.2 Å². The smallest absolute Gasteiger partial charge is 0.331 e. The van der Waals surface area contributed by atoms with Crippen molar-refractivity contribution in [2.45, 2.75) is 12.5 Å². The van der Waals surface area contributed by atoms with E-state index in [9.17, 15) is 18.0 Å². The average Bonchev–Trinajstić information content (AvgIpc) is 2.97. The molecule has 0 saturated carbocycles. The Morgan fingerprint density at radius 1 is 1.32 bits per heavy atom. The van der Waals surface area contributed by atoms with Crippen molar-refractivity contribution in [2.75, 3.05) is 32.3 Å². The molecule has 0 aromatic heterocycles. The molecule has 7 nitrogen and oxygen atoms in total. The molecule has 1 amide bonds. The van der Waals surface area contributed by atoms with E-state index in [1.807, 2.05) is 12.1 Å². The highest BCUT2D eigenvalue weighted by molar-refractivity contribution is 7.91. The summed E-state index contributed by atoms with van der Waals surface area (Å²) in [6, 6.07) is 6.80. The summed E-state index contributed by atoms with van der Waals surface area (Å²) in [4.78, 5) is 25.1. The molecule has 1 fully saturated rings. The molecule has 0 radical (unpaired) electrons. The zero-order valence-electron chi connectivity index (χ0n) is 14.2. The van der Waals surface area contributed by atoms with Crippen LogP contribution in [0.25, 0.3) is 6.08 Å². The molecule has 25 heavy (non-hydrogen) atoms. The minimum Gasteiger partial charge on any atom is -0.496 e. The fraction of sp³-hybridized carbons (Fsp3) is 0.412. The van der Waals surface area contributed by atoms with Crippen LogP contribution in [0.5, 0.6) is 5.75 Å². The van der Waals surface area contributed by atoms with Gasteiger partial charge in [0.05, 0.1) is 18.6 Å². The maximum Gasteiger partial charge on any atom is 0.331 e. The number of hydrogen-bond acceptors (Lipinski definition) is 6. The molecule has 2 rings (SSSR count). The molecular weight excluding hydrogens is 346 g/mol. The van der Waals surface area contributed by atoms with Gasteiger partial charge in [0, 0.05) is 24.7 Å². The van der Waals surface area contributed by atoms with Crippen molar-refractivity contribution in [1.29, 1.82) is 0 Å². The van der Waals surface area contributed by atoms with Gasteiger partial charge in [0.2, 0.25) is 0 Å². The van der Waals surface area contributed by atoms with Gasteiger partial charge >= 0.3 is 5.97 Å². The highest BCUT2D eigenvalue weighted by Crippen LogP contribution is 2.19. The van der Waals surface area contributed by atoms with Crippen molar-refractivity contribution in [3.05, 3.63) is 35.9 Å². The number of rotatable bonds is 6. The Hall–Kier alpha value is -2.35. The van der Waals surface area contributed by atoms with Crippen LogP contribution in [0, 0.1) is 0 Å². The molecule has 1 unspecified atom stereocenters. The zero-order chi connectivity index (χ0) is 18.4. The molecule has 0 aliphatic carbocycles. The first kappa shape index (κ1) is 19.0. The van der Waals surface area contributed by atoms with Gasteiger partial charge in [-0.15, -0.1) is 0 Å². The SMILES string of the molecule is COc1ccccc1/C=C/C(=O)OCC(=O)N(C)C1CCS(=O)(=O)C1. The Morgan fingerprint density at radius 2 is 2.04 bits per heavy atom. The van der Waals surface area contributed by atoms with Crippen LogP contribution in [0.15, 0.2) is 30.3 Å². The molecule has 1 saturated heterocycles. The monoisotopic (exact) mass is 367 g/mol. The summed E-state index contributed by atoms with van der Waals surface area (Å²) >= 11 is 0. The second kappa shape index (κ2) is 8.15. The number of sulfone groups is 1. The largest absolute Gasteiger partial charge is 0.496 e. The van der Waals surface area contributed by atoms with Gasteiger partial charge in [0.1, 0.15) is 5.75 Å². The lowest BCUT2D eigenvalue weighted by molar-refractivity contribution is -0.148. The third-order valence-electron chi connectivity index (χ3n) is 4.03. The molecule has 1 aliphatic heterocycles. The number of esters is 1. The Balaban J connectivity index is 1.85. The normalized spacial score (nSPS) is 18.9. The lowest BCUT2D eigenvalue weighted by Gasteiger charge is -2.22. The van der Waals surface area contributed by atoms with Gasteiger partial charge in [-0.25, -0.2) is 13.2 Å². The number of methoxy groups -OCH3 is 1. The summed E-state index contributed by atoms with van der Waals surface area (Å²) in [6.45, 7) is -0.428. The second-order valence-electron chi connectivity index (χ2n) is 5.74. The van der Waals surface area contributed by atoms with Gasteiger partial charge in [0.15, 0.2) is 16.4 Å². The molecule has 1 heterocycles. The highest BCUT2D eigenvalue weighted by atomic mass is 32.2. The number of carbonyl (C=O) groups is 2. The first-order chi connectivity index (χ1) is 11.8. The molecule has 0 spiro atoms. The Labute approximate surface area is 147 Å². The number of amides is 1. The summed E-state index contributed by atoms with van der Waals surface area (Å²) in [6.07, 6.45) is 3.16. The molecular formula is C17H21NO6S. The van der Waals surface area contributed by atoms with Gasteiger partial charge in [-0.1, -0.05) is 18.2 Å². The maximum atomic E-state index is 12.0. The van der Waals surface area contributed by atoms with E-state index in [0.717, 1.165) is 0 Å². The molecule has 1 aromatic rings. The van der Waals surface area contributed by atoms with Crippen molar-refractivity contribution in [2.24, 2.45) is 0 Å². The van der Waals surface area contributed by atoms with Crippen molar-refractivity contribution >= 4 is 27.8 Å². The fourth-order valence-electron chi connectivity index (χ4n) is 2.53. The minimum atomic E-state index is -3.08. The van der Waals surface area contributed by atoms with Gasteiger partial charge in [-0.3, -0.25) is 4.79 Å². The van der Waals surface area contributed by atoms with Crippen LogP contribution >= 0.6 is 0 Å². The number of carbonyl (C=O) groups excluding carboxylic acids is 2. The van der Waals surface area contributed by atoms with Crippen molar-refractivity contribution in [3.63, 3.8) is 0 Å². The third kappa shape index (κ3) is 5.32. The van der Waals surface area contributed by atoms with E-state index < -0.39 is 28.3 Å². The zero-order valence-corrected chi connectivity index (χ0v) is 15.0. The molecule has 0 N–H and O–H groups in total. The van der Waals surface area contributed by atoms with E-state index in [4.69, 9.17) is 9.47 Å². The van der Waals surface area contributed by atoms with Gasteiger partial charge in [0.25, 0.3) is 5.91 Å². The summed E-state index contributed by atoms with van der Waals surface area (Å²) in [7, 11) is -0.0252. The van der Waals surface area contributed by atoms with Gasteiger partial charge in [-0.2, -0.15) is 0 Å². The molecule has 1 aromatic carbocycles. The summed E-state index contributed by atoms with van der Waals surface area (Å²) in [5, 5.41) is 0. The average molecular weight is 367 g/mol. The number of hydrogen-bond donors (Lipinski definition) is 0. The van der Waals surface area contributed by atoms with Crippen LogP contribution in [0.1, 0.15) is 12.0 Å². The van der Waals surface area contributed by atoms with E-state index in [-0.39, 0.29) is 17.5 Å². The summed E-state index contributed by atoms with van der Waals surface area (Å²) in [5.74, 6) is -0.439. The number of benzene rings is 1. The maximum absolute atomic E-state index is 12.0. The minimum absolute atomic E-state index is 0.0448. The van der Waals surface area contributed by atoms with Crippen molar-refractivity contribution in [3.8, 4) is 5.75 Å². The predicted octanol–water partition coefficient (Wildman–Crippen LogP) is 0.897. The molecule has 8 heteroatoms. The van der Waals surface area contributed by atoms with E-state index in [2.05, 4.69) is 0 Å². The molecule has 1 atom stereocenters. The van der Waals surface area contributed by atoms with Crippen LogP contribution in [-0.4, -0.2) is 63.5 Å². The molecule has 0 bridgehead atoms. The quantitative estimate of drug-likeness (QED) is 0.548. The lowest BCUT2D eigenvalue weighted by atomic mass is 10.2. The Morgan fingerprint density at radius 3 is 2.68 bits per heavy atom. The van der Waals surface area contributed by atoms with Crippen LogP contribution < -0.4 is 4.74 Å². The van der Waals surface area contributed by atoms with E-state index in [0.29, 0.717) is 17.7 Å². The number of likely N-dealkylation sites (N-methyl/N-ethyl adjacent to an activating group) is 1. The van der Waals surface area contributed by atoms with Crippen LogP contribution in [0.3, 0.4) is 0 Å². The standard InChI is InChI=1S/C17H21NO6S/c1-18(14-9-10-25(21,22)12-14)16(19)11-24-17(20)8-7-13-5-3-4-6-15(13)23-2/h3-8,14H,9-12H2,1-2H3/b8-7+. The molecule has 136 valence electrons. The van der Waals surface area contributed by atoms with Crippen LogP contribution in [0.4, 0.5) is 0 Å². The number of nitrogens with zero attached hydrogens (tertiary/aromatic N) is 1. The number of ether oxygens (including phenoxy) is 2. The van der Waals surface area contributed by atoms with Crippen LogP contribution in [0.2, 0.25) is 0 Å². The predicted molar refractivity (Wildman–Crippen MR) is 92.8 cm³/mol. The van der Waals surface area contributed by atoms with E-state index in [1.54, 1.807) is 18.2 Å². The molecule has 1 aliphatic rings. The Kier molecular flexibility index (Phi) is 6.19. The lowest BCUT2D eigenvalue weighted by Crippen LogP contribution is -2.40. The van der Waals surface area contributed by atoms with E-state index in [1.165, 1.54) is 25.1 Å². The number of para-hydroxylation sites is 1. The fourth-order valence-corrected chi connectivity index (χ4v) is 4.30. The van der Waals surface area contributed by atoms with Gasteiger partial charge in [-0.05, 0) is 18.6 Å².